The quantitative estimate of drug-likeness (QED) is 0.196. The molecule has 1 amide bonds. The summed E-state index contributed by atoms with van der Waals surface area (Å²) in [6.07, 6.45) is 3.93. The number of pyridine rings is 1. The predicted octanol–water partition coefficient (Wildman–Crippen LogP) is 6.05. The van der Waals surface area contributed by atoms with E-state index in [0.717, 1.165) is 60.8 Å². The van der Waals surface area contributed by atoms with Gasteiger partial charge in [0.2, 0.25) is 5.88 Å². The SMILES string of the molecule is CCCCOc1cc(C)ccc1C(=O)N1CCN(Cc2cnc(C)n2Cc2ccc(C#N)c(Oc3cccc(C)n3)c2)CC1. The maximum Gasteiger partial charge on any atom is 0.257 e. The van der Waals surface area contributed by atoms with E-state index in [1.807, 2.05) is 74.3 Å². The first-order valence-electron chi connectivity index (χ1n) is 15.2. The molecule has 3 heterocycles. The number of unbranched alkanes of at least 4 members (excludes halogenated alkanes) is 1. The lowest BCUT2D eigenvalue weighted by Gasteiger charge is -2.35. The zero-order chi connectivity index (χ0) is 31.1. The van der Waals surface area contributed by atoms with Crippen molar-refractivity contribution in [1.82, 2.24) is 24.3 Å². The van der Waals surface area contributed by atoms with Crippen LogP contribution in [-0.2, 0) is 13.1 Å². The fourth-order valence-corrected chi connectivity index (χ4v) is 5.33. The number of hydrogen-bond acceptors (Lipinski definition) is 7. The number of aromatic nitrogens is 3. The monoisotopic (exact) mass is 592 g/mol. The lowest BCUT2D eigenvalue weighted by Crippen LogP contribution is -2.48. The Labute approximate surface area is 259 Å². The van der Waals surface area contributed by atoms with Gasteiger partial charge in [-0.15, -0.1) is 0 Å². The number of nitrogens with zero attached hydrogens (tertiary/aromatic N) is 6. The van der Waals surface area contributed by atoms with Crippen molar-refractivity contribution < 1.29 is 14.3 Å². The van der Waals surface area contributed by atoms with Gasteiger partial charge in [0.15, 0.2) is 0 Å². The number of aryl methyl sites for hydroxylation is 3. The summed E-state index contributed by atoms with van der Waals surface area (Å²) in [6.45, 7) is 12.8. The second kappa shape index (κ2) is 14.2. The summed E-state index contributed by atoms with van der Waals surface area (Å²) >= 11 is 0. The van der Waals surface area contributed by atoms with E-state index in [1.54, 1.807) is 12.1 Å². The van der Waals surface area contributed by atoms with Gasteiger partial charge in [-0.05, 0) is 68.7 Å². The molecule has 2 aromatic heterocycles. The molecular formula is C35H40N6O3. The largest absolute Gasteiger partial charge is 0.493 e. The number of carbonyl (C=O) groups excluding carboxylic acids is 1. The molecule has 0 saturated carbocycles. The summed E-state index contributed by atoms with van der Waals surface area (Å²) < 4.78 is 14.2. The molecule has 1 saturated heterocycles. The number of nitriles is 1. The Balaban J connectivity index is 1.23. The molecule has 9 nitrogen and oxygen atoms in total. The predicted molar refractivity (Wildman–Crippen MR) is 169 cm³/mol. The molecule has 0 spiro atoms. The molecule has 1 aliphatic rings. The van der Waals surface area contributed by atoms with Crippen molar-refractivity contribution in [2.45, 2.75) is 53.6 Å². The molecule has 44 heavy (non-hydrogen) atoms. The lowest BCUT2D eigenvalue weighted by atomic mass is 10.1. The highest BCUT2D eigenvalue weighted by Gasteiger charge is 2.25. The summed E-state index contributed by atoms with van der Waals surface area (Å²) in [7, 11) is 0. The smallest absolute Gasteiger partial charge is 0.257 e. The first-order valence-corrected chi connectivity index (χ1v) is 15.2. The van der Waals surface area contributed by atoms with Crippen LogP contribution in [0.3, 0.4) is 0 Å². The van der Waals surface area contributed by atoms with Gasteiger partial charge >= 0.3 is 0 Å². The molecule has 0 N–H and O–H groups in total. The minimum absolute atomic E-state index is 0.0248. The van der Waals surface area contributed by atoms with Gasteiger partial charge in [0.05, 0.1) is 23.4 Å². The van der Waals surface area contributed by atoms with Gasteiger partial charge in [-0.25, -0.2) is 9.97 Å². The van der Waals surface area contributed by atoms with Crippen LogP contribution in [0.2, 0.25) is 0 Å². The van der Waals surface area contributed by atoms with Crippen LogP contribution >= 0.6 is 0 Å². The molecule has 4 aromatic rings. The molecular weight excluding hydrogens is 552 g/mol. The molecule has 0 unspecified atom stereocenters. The van der Waals surface area contributed by atoms with E-state index in [9.17, 15) is 10.1 Å². The van der Waals surface area contributed by atoms with E-state index in [4.69, 9.17) is 9.47 Å². The molecule has 0 atom stereocenters. The van der Waals surface area contributed by atoms with Crippen LogP contribution in [0.15, 0.2) is 60.8 Å². The Kier molecular flexibility index (Phi) is 9.93. The zero-order valence-electron chi connectivity index (χ0n) is 26.0. The zero-order valence-corrected chi connectivity index (χ0v) is 26.0. The van der Waals surface area contributed by atoms with Crippen molar-refractivity contribution >= 4 is 5.91 Å². The standard InChI is InChI=1S/C35H40N6O3/c1-5-6-18-43-33-19-25(2)10-13-31(33)35(42)40-16-14-39(15-17-40)24-30-22-37-27(4)41(30)23-28-11-12-29(21-36)32(20-28)44-34-9-7-8-26(3)38-34/h7-13,19-20,22H,5-6,14-18,23-24H2,1-4H3. The Bertz CT molecular complexity index is 1650. The molecule has 1 aliphatic heterocycles. The number of carbonyl (C=O) groups is 1. The van der Waals surface area contributed by atoms with E-state index >= 15 is 0 Å². The third-order valence-electron chi connectivity index (χ3n) is 7.89. The molecule has 5 rings (SSSR count). The Morgan fingerprint density at radius 3 is 2.55 bits per heavy atom. The number of benzene rings is 2. The first-order chi connectivity index (χ1) is 21.3. The van der Waals surface area contributed by atoms with E-state index in [1.165, 1.54) is 0 Å². The molecule has 9 heteroatoms. The van der Waals surface area contributed by atoms with Crippen LogP contribution in [0.4, 0.5) is 0 Å². The van der Waals surface area contributed by atoms with Crippen molar-refractivity contribution in [3.63, 3.8) is 0 Å². The number of amides is 1. The van der Waals surface area contributed by atoms with E-state index < -0.39 is 0 Å². The normalized spacial score (nSPS) is 13.5. The highest BCUT2D eigenvalue weighted by Crippen LogP contribution is 2.27. The number of hydrogen-bond donors (Lipinski definition) is 0. The van der Waals surface area contributed by atoms with Gasteiger partial charge in [-0.1, -0.05) is 31.5 Å². The van der Waals surface area contributed by atoms with Crippen molar-refractivity contribution in [2.75, 3.05) is 32.8 Å². The fraction of sp³-hybridized carbons (Fsp3) is 0.371. The highest BCUT2D eigenvalue weighted by atomic mass is 16.5. The van der Waals surface area contributed by atoms with Crippen LogP contribution in [-0.4, -0.2) is 63.0 Å². The number of piperazine rings is 1. The lowest BCUT2D eigenvalue weighted by molar-refractivity contribution is 0.0621. The maximum absolute atomic E-state index is 13.5. The van der Waals surface area contributed by atoms with Gasteiger partial charge in [-0.3, -0.25) is 9.69 Å². The number of rotatable bonds is 11. The fourth-order valence-electron chi connectivity index (χ4n) is 5.33. The van der Waals surface area contributed by atoms with Crippen molar-refractivity contribution in [1.29, 1.82) is 5.26 Å². The molecule has 0 bridgehead atoms. The summed E-state index contributed by atoms with van der Waals surface area (Å²) in [5.74, 6) is 2.55. The minimum Gasteiger partial charge on any atom is -0.493 e. The molecule has 1 fully saturated rings. The molecule has 2 aromatic carbocycles. The second-order valence-electron chi connectivity index (χ2n) is 11.3. The van der Waals surface area contributed by atoms with Crippen LogP contribution in [0.1, 0.15) is 64.0 Å². The van der Waals surface area contributed by atoms with E-state index in [2.05, 4.69) is 32.4 Å². The average molecular weight is 593 g/mol. The Morgan fingerprint density at radius 1 is 0.977 bits per heavy atom. The Morgan fingerprint density at radius 2 is 1.80 bits per heavy atom. The van der Waals surface area contributed by atoms with Crippen molar-refractivity contribution in [3.05, 3.63) is 100 Å². The number of ether oxygens (including phenoxy) is 2. The Hall–Kier alpha value is -4.68. The van der Waals surface area contributed by atoms with Gasteiger partial charge in [0.25, 0.3) is 5.91 Å². The van der Waals surface area contributed by atoms with Gasteiger partial charge < -0.3 is 18.9 Å². The van der Waals surface area contributed by atoms with Crippen molar-refractivity contribution in [2.24, 2.45) is 0 Å². The third kappa shape index (κ3) is 7.44. The van der Waals surface area contributed by atoms with Crippen LogP contribution in [0, 0.1) is 32.1 Å². The minimum atomic E-state index is 0.0248. The van der Waals surface area contributed by atoms with Gasteiger partial charge in [0.1, 0.15) is 23.4 Å². The summed E-state index contributed by atoms with van der Waals surface area (Å²) in [5, 5.41) is 9.65. The maximum atomic E-state index is 13.5. The van der Waals surface area contributed by atoms with E-state index in [-0.39, 0.29) is 5.91 Å². The van der Waals surface area contributed by atoms with Crippen LogP contribution < -0.4 is 9.47 Å². The highest BCUT2D eigenvalue weighted by molar-refractivity contribution is 5.97. The van der Waals surface area contributed by atoms with Gasteiger partial charge in [-0.2, -0.15) is 5.26 Å². The average Bonchev–Trinajstić information content (AvgIpc) is 3.35. The van der Waals surface area contributed by atoms with Gasteiger partial charge in [0, 0.05) is 57.2 Å². The molecule has 0 radical (unpaired) electrons. The van der Waals surface area contributed by atoms with E-state index in [0.29, 0.717) is 54.7 Å². The van der Waals surface area contributed by atoms with Crippen molar-refractivity contribution in [3.8, 4) is 23.4 Å². The molecule has 0 aliphatic carbocycles. The molecule has 228 valence electrons. The van der Waals surface area contributed by atoms with Crippen LogP contribution in [0.5, 0.6) is 17.4 Å². The summed E-state index contributed by atoms with van der Waals surface area (Å²) in [4.78, 5) is 26.8. The van der Waals surface area contributed by atoms with Crippen LogP contribution in [0.25, 0.3) is 0 Å². The second-order valence-corrected chi connectivity index (χ2v) is 11.3. The third-order valence-corrected chi connectivity index (χ3v) is 7.89. The first kappa shape index (κ1) is 30.8. The summed E-state index contributed by atoms with van der Waals surface area (Å²) in [5.41, 5.74) is 5.12. The summed E-state index contributed by atoms with van der Waals surface area (Å²) in [6, 6.07) is 19.3. The number of imidazole rings is 1. The topological polar surface area (TPSA) is 96.5 Å².